The van der Waals surface area contributed by atoms with Gasteiger partial charge >= 0.3 is 0 Å². The van der Waals surface area contributed by atoms with Crippen LogP contribution in [0.3, 0.4) is 0 Å². The monoisotopic (exact) mass is 292 g/mol. The molecule has 0 bridgehead atoms. The number of benzene rings is 2. The van der Waals surface area contributed by atoms with E-state index in [2.05, 4.69) is 0 Å². The van der Waals surface area contributed by atoms with E-state index in [9.17, 15) is 9.18 Å². The van der Waals surface area contributed by atoms with Crippen LogP contribution in [-0.2, 0) is 0 Å². The number of ether oxygens (including phenoxy) is 1. The van der Waals surface area contributed by atoms with Crippen molar-refractivity contribution in [2.45, 2.75) is 13.8 Å². The fraction of sp³-hybridized carbons (Fsp3) is 0.188. The van der Waals surface area contributed by atoms with Gasteiger partial charge in [-0.2, -0.15) is 0 Å². The van der Waals surface area contributed by atoms with Gasteiger partial charge in [0.15, 0.2) is 5.78 Å². The van der Waals surface area contributed by atoms with Crippen molar-refractivity contribution < 1.29 is 13.9 Å². The zero-order valence-corrected chi connectivity index (χ0v) is 12.2. The van der Waals surface area contributed by atoms with Crippen LogP contribution < -0.4 is 4.74 Å². The molecular formula is C16H14ClFO2. The summed E-state index contributed by atoms with van der Waals surface area (Å²) in [5.74, 6) is -0.0854. The molecule has 0 atom stereocenters. The predicted molar refractivity (Wildman–Crippen MR) is 77.3 cm³/mol. The maximum Gasteiger partial charge on any atom is 0.193 e. The van der Waals surface area contributed by atoms with Crippen LogP contribution in [0.15, 0.2) is 30.3 Å². The number of hydrogen-bond donors (Lipinski definition) is 0. The van der Waals surface area contributed by atoms with Crippen LogP contribution in [0.2, 0.25) is 5.02 Å². The SMILES string of the molecule is COc1c(C)cc(C(=O)c2ccc(Cl)c(F)c2)cc1C. The molecule has 0 aliphatic rings. The summed E-state index contributed by atoms with van der Waals surface area (Å²) in [6, 6.07) is 7.52. The summed E-state index contributed by atoms with van der Waals surface area (Å²) in [5.41, 5.74) is 2.51. The van der Waals surface area contributed by atoms with Crippen LogP contribution in [0.1, 0.15) is 27.0 Å². The molecule has 0 aliphatic heterocycles. The molecule has 2 nitrogen and oxygen atoms in total. The van der Waals surface area contributed by atoms with Crippen molar-refractivity contribution in [2.24, 2.45) is 0 Å². The lowest BCUT2D eigenvalue weighted by Gasteiger charge is -2.11. The van der Waals surface area contributed by atoms with Crippen molar-refractivity contribution in [1.82, 2.24) is 0 Å². The molecule has 0 radical (unpaired) electrons. The molecule has 0 heterocycles. The van der Waals surface area contributed by atoms with Gasteiger partial charge in [0, 0.05) is 11.1 Å². The first-order chi connectivity index (χ1) is 9.43. The molecule has 104 valence electrons. The molecule has 2 rings (SSSR count). The van der Waals surface area contributed by atoms with Crippen LogP contribution >= 0.6 is 11.6 Å². The van der Waals surface area contributed by atoms with Gasteiger partial charge in [-0.05, 0) is 55.3 Å². The highest BCUT2D eigenvalue weighted by molar-refractivity contribution is 6.30. The number of methoxy groups -OCH3 is 1. The quantitative estimate of drug-likeness (QED) is 0.787. The van der Waals surface area contributed by atoms with Crippen molar-refractivity contribution in [3.8, 4) is 5.75 Å². The second-order valence-corrected chi connectivity index (χ2v) is 5.01. The predicted octanol–water partition coefficient (Wildman–Crippen LogP) is 4.34. The Bertz CT molecular complexity index is 657. The summed E-state index contributed by atoms with van der Waals surface area (Å²) in [6.45, 7) is 3.73. The molecule has 0 N–H and O–H groups in total. The van der Waals surface area contributed by atoms with Crippen LogP contribution in [0.25, 0.3) is 0 Å². The number of halogens is 2. The smallest absolute Gasteiger partial charge is 0.193 e. The highest BCUT2D eigenvalue weighted by Gasteiger charge is 2.14. The molecule has 0 saturated heterocycles. The van der Waals surface area contributed by atoms with Gasteiger partial charge in [0.05, 0.1) is 12.1 Å². The fourth-order valence-electron chi connectivity index (χ4n) is 2.21. The normalized spacial score (nSPS) is 10.4. The first-order valence-electron chi connectivity index (χ1n) is 6.09. The largest absolute Gasteiger partial charge is 0.496 e. The lowest BCUT2D eigenvalue weighted by Crippen LogP contribution is -2.04. The van der Waals surface area contributed by atoms with Gasteiger partial charge in [-0.1, -0.05) is 11.6 Å². The Labute approximate surface area is 122 Å². The molecule has 2 aromatic rings. The van der Waals surface area contributed by atoms with Crippen LogP contribution in [0.4, 0.5) is 4.39 Å². The molecule has 20 heavy (non-hydrogen) atoms. The molecule has 0 aromatic heterocycles. The van der Waals surface area contributed by atoms with Gasteiger partial charge in [-0.15, -0.1) is 0 Å². The molecule has 4 heteroatoms. The topological polar surface area (TPSA) is 26.3 Å². The third kappa shape index (κ3) is 2.68. The second-order valence-electron chi connectivity index (χ2n) is 4.60. The molecule has 0 saturated carbocycles. The number of carbonyl (C=O) groups excluding carboxylic acids is 1. The van der Waals surface area contributed by atoms with E-state index in [1.54, 1.807) is 19.2 Å². The highest BCUT2D eigenvalue weighted by Crippen LogP contribution is 2.26. The van der Waals surface area contributed by atoms with Gasteiger partial charge in [-0.3, -0.25) is 4.79 Å². The minimum absolute atomic E-state index is 0.00337. The number of aryl methyl sites for hydroxylation is 2. The van der Waals surface area contributed by atoms with Gasteiger partial charge in [0.25, 0.3) is 0 Å². The van der Waals surface area contributed by atoms with E-state index in [0.29, 0.717) is 5.56 Å². The molecule has 2 aromatic carbocycles. The van der Waals surface area contributed by atoms with Crippen molar-refractivity contribution in [3.05, 3.63) is 63.4 Å². The Morgan fingerprint density at radius 2 is 1.70 bits per heavy atom. The van der Waals surface area contributed by atoms with E-state index in [-0.39, 0.29) is 16.4 Å². The van der Waals surface area contributed by atoms with E-state index in [1.165, 1.54) is 12.1 Å². The molecule has 0 unspecified atom stereocenters. The van der Waals surface area contributed by atoms with E-state index in [0.717, 1.165) is 22.9 Å². The Kier molecular flexibility index (Phi) is 4.09. The minimum Gasteiger partial charge on any atom is -0.496 e. The van der Waals surface area contributed by atoms with Crippen molar-refractivity contribution in [2.75, 3.05) is 7.11 Å². The van der Waals surface area contributed by atoms with Gasteiger partial charge in [0.1, 0.15) is 11.6 Å². The number of ketones is 1. The zero-order chi connectivity index (χ0) is 14.9. The van der Waals surface area contributed by atoms with Gasteiger partial charge < -0.3 is 4.74 Å². The number of carbonyl (C=O) groups is 1. The fourth-order valence-corrected chi connectivity index (χ4v) is 2.32. The number of rotatable bonds is 3. The van der Waals surface area contributed by atoms with E-state index in [1.807, 2.05) is 13.8 Å². The van der Waals surface area contributed by atoms with Crippen LogP contribution in [0, 0.1) is 19.7 Å². The minimum atomic E-state index is -0.598. The highest BCUT2D eigenvalue weighted by atomic mass is 35.5. The second kappa shape index (κ2) is 5.63. The summed E-state index contributed by atoms with van der Waals surface area (Å²) in [4.78, 5) is 12.4. The summed E-state index contributed by atoms with van der Waals surface area (Å²) in [7, 11) is 1.59. The average Bonchev–Trinajstić information content (AvgIpc) is 2.40. The summed E-state index contributed by atoms with van der Waals surface area (Å²) >= 11 is 5.62. The Hall–Kier alpha value is -1.87. The number of hydrogen-bond acceptors (Lipinski definition) is 2. The maximum absolute atomic E-state index is 13.4. The molecular weight excluding hydrogens is 279 g/mol. The Morgan fingerprint density at radius 1 is 1.10 bits per heavy atom. The molecule has 0 spiro atoms. The lowest BCUT2D eigenvalue weighted by molar-refractivity contribution is 0.103. The van der Waals surface area contributed by atoms with Crippen molar-refractivity contribution >= 4 is 17.4 Å². The molecule has 0 aliphatic carbocycles. The maximum atomic E-state index is 13.4. The first-order valence-corrected chi connectivity index (χ1v) is 6.47. The van der Waals surface area contributed by atoms with E-state index in [4.69, 9.17) is 16.3 Å². The van der Waals surface area contributed by atoms with Crippen molar-refractivity contribution in [3.63, 3.8) is 0 Å². The Balaban J connectivity index is 2.45. The standard InChI is InChI=1S/C16H14ClFO2/c1-9-6-12(7-10(2)16(9)20-3)15(19)11-4-5-13(17)14(18)8-11/h4-8H,1-3H3. The van der Waals surface area contributed by atoms with E-state index < -0.39 is 5.82 Å². The first kappa shape index (κ1) is 14.5. The third-order valence-corrected chi connectivity index (χ3v) is 3.41. The molecule has 0 amide bonds. The third-order valence-electron chi connectivity index (χ3n) is 3.11. The average molecular weight is 293 g/mol. The van der Waals surface area contributed by atoms with E-state index >= 15 is 0 Å². The van der Waals surface area contributed by atoms with Crippen LogP contribution in [-0.4, -0.2) is 12.9 Å². The Morgan fingerprint density at radius 3 is 2.20 bits per heavy atom. The molecule has 0 fully saturated rings. The zero-order valence-electron chi connectivity index (χ0n) is 11.5. The lowest BCUT2D eigenvalue weighted by atomic mass is 9.98. The van der Waals surface area contributed by atoms with Crippen LogP contribution in [0.5, 0.6) is 5.75 Å². The summed E-state index contributed by atoms with van der Waals surface area (Å²) in [6.07, 6.45) is 0. The van der Waals surface area contributed by atoms with Crippen molar-refractivity contribution in [1.29, 1.82) is 0 Å². The van der Waals surface area contributed by atoms with Gasteiger partial charge in [0.2, 0.25) is 0 Å². The van der Waals surface area contributed by atoms with Gasteiger partial charge in [-0.25, -0.2) is 4.39 Å². The summed E-state index contributed by atoms with van der Waals surface area (Å²) < 4.78 is 18.7. The summed E-state index contributed by atoms with van der Waals surface area (Å²) in [5, 5.41) is 0.00337.